The van der Waals surface area contributed by atoms with Crippen molar-refractivity contribution in [1.82, 2.24) is 5.32 Å². The summed E-state index contributed by atoms with van der Waals surface area (Å²) in [6, 6.07) is 10.7. The molecule has 6 nitrogen and oxygen atoms in total. The first kappa shape index (κ1) is 17.3. The molecule has 4 N–H and O–H groups in total. The molecule has 0 atom stereocenters. The predicted octanol–water partition coefficient (Wildman–Crippen LogP) is 2.30. The minimum absolute atomic E-state index is 0.222. The highest BCUT2D eigenvalue weighted by Gasteiger charge is 2.10. The van der Waals surface area contributed by atoms with Gasteiger partial charge in [0, 0.05) is 12.2 Å². The largest absolute Gasteiger partial charge is 0.497 e. The lowest BCUT2D eigenvalue weighted by Gasteiger charge is -2.09. The summed E-state index contributed by atoms with van der Waals surface area (Å²) in [5.41, 5.74) is 6.08. The molecule has 0 aliphatic carbocycles. The number of nitrogens with one attached hydrogen (secondary N) is 2. The second-order valence-corrected chi connectivity index (χ2v) is 5.04. The molecule has 0 unspecified atom stereocenters. The normalized spacial score (nSPS) is 10.1. The average Bonchev–Trinajstić information content (AvgIpc) is 2.55. The van der Waals surface area contributed by atoms with Crippen molar-refractivity contribution in [3.05, 3.63) is 59.4 Å². The van der Waals surface area contributed by atoms with Crippen LogP contribution in [0.1, 0.15) is 15.9 Å². The van der Waals surface area contributed by atoms with Gasteiger partial charge in [-0.15, -0.1) is 0 Å². The first-order chi connectivity index (χ1) is 11.5. The fourth-order valence-corrected chi connectivity index (χ4v) is 2.08. The number of carbonyl (C=O) groups is 2. The zero-order chi connectivity index (χ0) is 17.5. The number of urea groups is 1. The Kier molecular flexibility index (Phi) is 5.73. The molecule has 0 spiro atoms. The Morgan fingerprint density at radius 1 is 1.17 bits per heavy atom. The molecule has 2 aromatic carbocycles. The molecule has 126 valence electrons. The van der Waals surface area contributed by atoms with Gasteiger partial charge in [-0.25, -0.2) is 9.18 Å². The monoisotopic (exact) mass is 331 g/mol. The van der Waals surface area contributed by atoms with Gasteiger partial charge in [-0.05, 0) is 42.3 Å². The van der Waals surface area contributed by atoms with Crippen molar-refractivity contribution in [3.8, 4) is 5.75 Å². The van der Waals surface area contributed by atoms with Crippen molar-refractivity contribution >= 4 is 17.6 Å². The third-order valence-corrected chi connectivity index (χ3v) is 3.35. The summed E-state index contributed by atoms with van der Waals surface area (Å²) in [7, 11) is 1.60. The summed E-state index contributed by atoms with van der Waals surface area (Å²) in [6.45, 7) is 0.417. The summed E-state index contributed by atoms with van der Waals surface area (Å²) in [5.74, 6) is -0.868. The highest BCUT2D eigenvalue weighted by molar-refractivity contribution is 5.94. The van der Waals surface area contributed by atoms with Crippen LogP contribution < -0.4 is 21.1 Å². The molecule has 24 heavy (non-hydrogen) atoms. The lowest BCUT2D eigenvalue weighted by atomic mass is 10.1. The minimum Gasteiger partial charge on any atom is -0.497 e. The van der Waals surface area contributed by atoms with Gasteiger partial charge in [0.1, 0.15) is 11.6 Å². The van der Waals surface area contributed by atoms with E-state index in [0.717, 1.165) is 17.4 Å². The number of ether oxygens (including phenoxy) is 1. The van der Waals surface area contributed by atoms with E-state index in [4.69, 9.17) is 10.5 Å². The molecular weight excluding hydrogens is 313 g/mol. The van der Waals surface area contributed by atoms with Crippen LogP contribution in [0.2, 0.25) is 0 Å². The van der Waals surface area contributed by atoms with Crippen LogP contribution in [0.5, 0.6) is 5.75 Å². The summed E-state index contributed by atoms with van der Waals surface area (Å²) < 4.78 is 18.7. The van der Waals surface area contributed by atoms with Gasteiger partial charge in [-0.3, -0.25) is 4.79 Å². The first-order valence-corrected chi connectivity index (χ1v) is 7.26. The van der Waals surface area contributed by atoms with E-state index in [1.807, 2.05) is 24.3 Å². The molecule has 0 aliphatic rings. The molecule has 0 radical (unpaired) electrons. The van der Waals surface area contributed by atoms with Gasteiger partial charge in [0.05, 0.1) is 12.7 Å². The number of benzene rings is 2. The van der Waals surface area contributed by atoms with Crippen molar-refractivity contribution in [2.75, 3.05) is 19.0 Å². The molecule has 0 saturated heterocycles. The summed E-state index contributed by atoms with van der Waals surface area (Å²) >= 11 is 0. The average molecular weight is 331 g/mol. The van der Waals surface area contributed by atoms with E-state index in [1.54, 1.807) is 7.11 Å². The van der Waals surface area contributed by atoms with E-state index in [-0.39, 0.29) is 11.3 Å². The summed E-state index contributed by atoms with van der Waals surface area (Å²) in [5, 5.41) is 5.16. The Balaban J connectivity index is 1.82. The summed E-state index contributed by atoms with van der Waals surface area (Å²) in [6.07, 6.45) is 0.645. The molecule has 0 aliphatic heterocycles. The lowest BCUT2D eigenvalue weighted by Crippen LogP contribution is -2.30. The fraction of sp³-hybridized carbons (Fsp3) is 0.176. The van der Waals surface area contributed by atoms with Crippen molar-refractivity contribution in [2.45, 2.75) is 6.42 Å². The number of hydrogen-bond donors (Lipinski definition) is 3. The van der Waals surface area contributed by atoms with Crippen LogP contribution >= 0.6 is 0 Å². The highest BCUT2D eigenvalue weighted by Crippen LogP contribution is 2.14. The molecule has 0 saturated carbocycles. The van der Waals surface area contributed by atoms with Gasteiger partial charge in [0.2, 0.25) is 0 Å². The van der Waals surface area contributed by atoms with Crippen LogP contribution in [0.3, 0.4) is 0 Å². The maximum absolute atomic E-state index is 13.6. The van der Waals surface area contributed by atoms with E-state index in [1.165, 1.54) is 12.1 Å². The van der Waals surface area contributed by atoms with Crippen molar-refractivity contribution in [2.24, 2.45) is 5.73 Å². The molecule has 0 bridgehead atoms. The van der Waals surface area contributed by atoms with Gasteiger partial charge in [-0.2, -0.15) is 0 Å². The fourth-order valence-electron chi connectivity index (χ4n) is 2.08. The number of rotatable bonds is 6. The molecule has 2 rings (SSSR count). The number of methoxy groups -OCH3 is 1. The standard InChI is InChI=1S/C17H18FN3O3/c1-24-13-5-2-11(3-6-13)8-9-20-17(23)21-12-4-7-14(16(19)22)15(18)10-12/h2-7,10H,8-9H2,1H3,(H2,19,22)(H2,20,21,23). The zero-order valence-electron chi connectivity index (χ0n) is 13.1. The van der Waals surface area contributed by atoms with Crippen LogP contribution in [-0.2, 0) is 6.42 Å². The Morgan fingerprint density at radius 3 is 2.46 bits per heavy atom. The lowest BCUT2D eigenvalue weighted by molar-refractivity contribution is 0.0996. The van der Waals surface area contributed by atoms with Crippen molar-refractivity contribution in [1.29, 1.82) is 0 Å². The zero-order valence-corrected chi connectivity index (χ0v) is 13.1. The number of nitrogens with two attached hydrogens (primary N) is 1. The van der Waals surface area contributed by atoms with E-state index in [9.17, 15) is 14.0 Å². The predicted molar refractivity (Wildman–Crippen MR) is 88.6 cm³/mol. The topological polar surface area (TPSA) is 93.4 Å². The van der Waals surface area contributed by atoms with Gasteiger partial charge in [0.15, 0.2) is 0 Å². The molecule has 3 amide bonds. The van der Waals surface area contributed by atoms with Gasteiger partial charge in [-0.1, -0.05) is 12.1 Å². The van der Waals surface area contributed by atoms with E-state index in [0.29, 0.717) is 13.0 Å². The maximum atomic E-state index is 13.6. The number of amides is 3. The van der Waals surface area contributed by atoms with Crippen molar-refractivity contribution in [3.63, 3.8) is 0 Å². The second kappa shape index (κ2) is 7.96. The van der Waals surface area contributed by atoms with Crippen LogP contribution in [0.15, 0.2) is 42.5 Å². The summed E-state index contributed by atoms with van der Waals surface area (Å²) in [4.78, 5) is 22.7. The van der Waals surface area contributed by atoms with E-state index >= 15 is 0 Å². The number of halogens is 1. The number of anilines is 1. The smallest absolute Gasteiger partial charge is 0.319 e. The number of hydrogen-bond acceptors (Lipinski definition) is 3. The molecular formula is C17H18FN3O3. The molecule has 0 fully saturated rings. The van der Waals surface area contributed by atoms with Gasteiger partial charge in [0.25, 0.3) is 5.91 Å². The SMILES string of the molecule is COc1ccc(CCNC(=O)Nc2ccc(C(N)=O)c(F)c2)cc1. The van der Waals surface area contributed by atoms with Crippen LogP contribution in [0.4, 0.5) is 14.9 Å². The Morgan fingerprint density at radius 2 is 1.88 bits per heavy atom. The van der Waals surface area contributed by atoms with Gasteiger partial charge >= 0.3 is 6.03 Å². The molecule has 0 heterocycles. The maximum Gasteiger partial charge on any atom is 0.319 e. The van der Waals surface area contributed by atoms with Gasteiger partial charge < -0.3 is 21.1 Å². The number of primary amides is 1. The number of carbonyl (C=O) groups excluding carboxylic acids is 2. The van der Waals surface area contributed by atoms with E-state index < -0.39 is 17.8 Å². The van der Waals surface area contributed by atoms with Crippen molar-refractivity contribution < 1.29 is 18.7 Å². The highest BCUT2D eigenvalue weighted by atomic mass is 19.1. The Bertz CT molecular complexity index is 732. The van der Waals surface area contributed by atoms with Crippen LogP contribution in [0.25, 0.3) is 0 Å². The first-order valence-electron chi connectivity index (χ1n) is 7.26. The molecule has 2 aromatic rings. The quantitative estimate of drug-likeness (QED) is 0.758. The second-order valence-electron chi connectivity index (χ2n) is 5.04. The Hall–Kier alpha value is -3.09. The Labute approximate surface area is 138 Å². The molecule has 0 aromatic heterocycles. The molecule has 7 heteroatoms. The third kappa shape index (κ3) is 4.70. The van der Waals surface area contributed by atoms with Crippen LogP contribution in [-0.4, -0.2) is 25.6 Å². The van der Waals surface area contributed by atoms with E-state index in [2.05, 4.69) is 10.6 Å². The minimum atomic E-state index is -0.858. The third-order valence-electron chi connectivity index (χ3n) is 3.35. The van der Waals surface area contributed by atoms with Crippen LogP contribution in [0, 0.1) is 5.82 Å².